The largest absolute Gasteiger partial charge is 0.442 e. The number of nitrogens with zero attached hydrogens (tertiary/aromatic N) is 1. The number of benzene rings is 2. The molecule has 1 aliphatic rings. The zero-order chi connectivity index (χ0) is 18.3. The maximum absolute atomic E-state index is 13.0. The van der Waals surface area contributed by atoms with Gasteiger partial charge >= 0.3 is 5.51 Å². The van der Waals surface area contributed by atoms with Gasteiger partial charge in [-0.25, -0.2) is 8.42 Å². The fraction of sp³-hybridized carbons (Fsp3) is 0.294. The molecule has 0 atom stereocenters. The van der Waals surface area contributed by atoms with Gasteiger partial charge in [0.2, 0.25) is 10.0 Å². The summed E-state index contributed by atoms with van der Waals surface area (Å²) in [6.07, 6.45) is 0. The van der Waals surface area contributed by atoms with Crippen LogP contribution in [-0.4, -0.2) is 31.3 Å². The van der Waals surface area contributed by atoms with Crippen molar-refractivity contribution in [2.45, 2.75) is 22.1 Å². The van der Waals surface area contributed by atoms with Gasteiger partial charge < -0.3 is 0 Å². The van der Waals surface area contributed by atoms with E-state index in [0.29, 0.717) is 5.56 Å². The molecular formula is C17H16F3NO2S2. The van der Waals surface area contributed by atoms with Gasteiger partial charge in [-0.2, -0.15) is 17.5 Å². The van der Waals surface area contributed by atoms with Crippen LogP contribution in [-0.2, 0) is 14.8 Å². The summed E-state index contributed by atoms with van der Waals surface area (Å²) in [5.41, 5.74) is -3.06. The molecule has 1 fully saturated rings. The minimum atomic E-state index is -4.45. The van der Waals surface area contributed by atoms with Crippen molar-refractivity contribution >= 4 is 21.8 Å². The van der Waals surface area contributed by atoms with E-state index in [0.717, 1.165) is 9.87 Å². The molecule has 0 spiro atoms. The van der Waals surface area contributed by atoms with E-state index < -0.39 is 20.3 Å². The Morgan fingerprint density at radius 2 is 1.56 bits per heavy atom. The van der Waals surface area contributed by atoms with E-state index in [2.05, 4.69) is 0 Å². The Kier molecular flexibility index (Phi) is 4.63. The third-order valence-corrected chi connectivity index (χ3v) is 7.06. The zero-order valence-electron chi connectivity index (χ0n) is 13.3. The number of hydrogen-bond donors (Lipinski definition) is 0. The van der Waals surface area contributed by atoms with E-state index >= 15 is 0 Å². The number of alkyl halides is 3. The predicted octanol–water partition coefficient (Wildman–Crippen LogP) is 4.15. The van der Waals surface area contributed by atoms with E-state index in [1.165, 1.54) is 12.1 Å². The van der Waals surface area contributed by atoms with Gasteiger partial charge in [0.1, 0.15) is 0 Å². The Bertz CT molecular complexity index is 844. The first-order valence-electron chi connectivity index (χ1n) is 7.52. The van der Waals surface area contributed by atoms with Crippen LogP contribution in [0.4, 0.5) is 13.2 Å². The van der Waals surface area contributed by atoms with Gasteiger partial charge in [-0.3, -0.25) is 0 Å². The topological polar surface area (TPSA) is 37.4 Å². The maximum Gasteiger partial charge on any atom is 0.442 e. The van der Waals surface area contributed by atoms with Gasteiger partial charge in [0.15, 0.2) is 0 Å². The molecule has 134 valence electrons. The second-order valence-corrected chi connectivity index (χ2v) is 9.38. The van der Waals surface area contributed by atoms with E-state index in [-0.39, 0.29) is 29.7 Å². The van der Waals surface area contributed by atoms with Crippen LogP contribution < -0.4 is 0 Å². The quantitative estimate of drug-likeness (QED) is 0.791. The number of thioether (sulfide) groups is 1. The second-order valence-electron chi connectivity index (χ2n) is 5.99. The highest BCUT2D eigenvalue weighted by Crippen LogP contribution is 2.53. The number of hydrogen-bond acceptors (Lipinski definition) is 3. The first-order valence-corrected chi connectivity index (χ1v) is 9.77. The lowest BCUT2D eigenvalue weighted by Gasteiger charge is -2.48. The third-order valence-electron chi connectivity index (χ3n) is 4.13. The van der Waals surface area contributed by atoms with Crippen LogP contribution in [0.15, 0.2) is 59.5 Å². The van der Waals surface area contributed by atoms with E-state index in [1.54, 1.807) is 42.5 Å². The molecule has 2 aromatic carbocycles. The Labute approximate surface area is 148 Å². The fourth-order valence-corrected chi connectivity index (χ4v) is 5.68. The smallest absolute Gasteiger partial charge is 0.207 e. The molecule has 1 heterocycles. The average molecular weight is 387 g/mol. The van der Waals surface area contributed by atoms with Gasteiger partial charge in [0.25, 0.3) is 0 Å². The molecule has 0 aliphatic carbocycles. The summed E-state index contributed by atoms with van der Waals surface area (Å²) in [7, 11) is -3.80. The fourth-order valence-electron chi connectivity index (χ4n) is 2.82. The van der Waals surface area contributed by atoms with E-state index in [4.69, 9.17) is 0 Å². The van der Waals surface area contributed by atoms with Crippen molar-refractivity contribution < 1.29 is 21.6 Å². The van der Waals surface area contributed by atoms with Crippen LogP contribution in [0.2, 0.25) is 0 Å². The first-order chi connectivity index (χ1) is 11.6. The molecule has 0 N–H and O–H groups in total. The summed E-state index contributed by atoms with van der Waals surface area (Å²) in [5.74, 6) is 0. The van der Waals surface area contributed by atoms with Gasteiger partial charge in [-0.05, 0) is 36.4 Å². The van der Waals surface area contributed by atoms with Gasteiger partial charge in [-0.1, -0.05) is 48.0 Å². The van der Waals surface area contributed by atoms with Crippen molar-refractivity contribution in [2.75, 3.05) is 13.1 Å². The van der Waals surface area contributed by atoms with Crippen LogP contribution in [0.5, 0.6) is 0 Å². The highest BCUT2D eigenvalue weighted by Gasteiger charge is 2.55. The summed E-state index contributed by atoms with van der Waals surface area (Å²) >= 11 is -0.145. The predicted molar refractivity (Wildman–Crippen MR) is 91.7 cm³/mol. The van der Waals surface area contributed by atoms with Crippen LogP contribution in [0.1, 0.15) is 11.1 Å². The Morgan fingerprint density at radius 1 is 1.00 bits per heavy atom. The second kappa shape index (κ2) is 6.34. The molecule has 0 bridgehead atoms. The summed E-state index contributed by atoms with van der Waals surface area (Å²) in [4.78, 5) is 0.0942. The molecule has 1 saturated heterocycles. The molecule has 0 amide bonds. The lowest BCUT2D eigenvalue weighted by molar-refractivity contribution is -0.0360. The standard InChI is InChI=1S/C17H16F3NO2S2/c1-13-7-9-15(10-8-13)25(22,23)21-11-16(12-21,24-17(18,19)20)14-5-3-2-4-6-14/h2-10H,11-12H2,1H3. The van der Waals surface area contributed by atoms with Crippen molar-refractivity contribution in [3.05, 3.63) is 65.7 Å². The summed E-state index contributed by atoms with van der Waals surface area (Å²) in [6.45, 7) is 1.41. The van der Waals surface area contributed by atoms with E-state index in [9.17, 15) is 21.6 Å². The third kappa shape index (κ3) is 3.70. The molecule has 0 saturated carbocycles. The van der Waals surface area contributed by atoms with Crippen LogP contribution in [0.25, 0.3) is 0 Å². The minimum absolute atomic E-state index is 0.0942. The molecule has 8 heteroatoms. The first kappa shape index (κ1) is 18.3. The average Bonchev–Trinajstić information content (AvgIpc) is 2.50. The molecule has 2 aromatic rings. The maximum atomic E-state index is 13.0. The SMILES string of the molecule is Cc1ccc(S(=O)(=O)N2CC(SC(F)(F)F)(c3ccccc3)C2)cc1. The lowest BCUT2D eigenvalue weighted by Crippen LogP contribution is -2.60. The summed E-state index contributed by atoms with van der Waals surface area (Å²) in [5, 5.41) is 0. The minimum Gasteiger partial charge on any atom is -0.207 e. The van der Waals surface area contributed by atoms with Crippen LogP contribution in [0.3, 0.4) is 0 Å². The van der Waals surface area contributed by atoms with Crippen molar-refractivity contribution in [3.63, 3.8) is 0 Å². The van der Waals surface area contributed by atoms with Gasteiger partial charge in [0, 0.05) is 13.1 Å². The van der Waals surface area contributed by atoms with Gasteiger partial charge in [0.05, 0.1) is 9.64 Å². The van der Waals surface area contributed by atoms with Crippen molar-refractivity contribution in [1.29, 1.82) is 0 Å². The number of halogens is 3. The number of sulfonamides is 1. The Balaban J connectivity index is 1.88. The van der Waals surface area contributed by atoms with E-state index in [1.807, 2.05) is 6.92 Å². The molecule has 25 heavy (non-hydrogen) atoms. The van der Waals surface area contributed by atoms with Crippen molar-refractivity contribution in [1.82, 2.24) is 4.31 Å². The van der Waals surface area contributed by atoms with Crippen LogP contribution >= 0.6 is 11.8 Å². The molecular weight excluding hydrogens is 371 g/mol. The molecule has 3 rings (SSSR count). The molecule has 1 aliphatic heterocycles. The Hall–Kier alpha value is -1.51. The molecule has 0 radical (unpaired) electrons. The van der Waals surface area contributed by atoms with Crippen molar-refractivity contribution in [3.8, 4) is 0 Å². The lowest BCUT2D eigenvalue weighted by atomic mass is 9.92. The monoisotopic (exact) mass is 387 g/mol. The normalized spacial score (nSPS) is 17.9. The zero-order valence-corrected chi connectivity index (χ0v) is 15.0. The Morgan fingerprint density at radius 3 is 2.08 bits per heavy atom. The molecule has 0 unspecified atom stereocenters. The van der Waals surface area contributed by atoms with Gasteiger partial charge in [-0.15, -0.1) is 0 Å². The number of rotatable bonds is 4. The number of aryl methyl sites for hydroxylation is 1. The summed E-state index contributed by atoms with van der Waals surface area (Å²) in [6, 6.07) is 14.5. The summed E-state index contributed by atoms with van der Waals surface area (Å²) < 4.78 is 64.2. The van der Waals surface area contributed by atoms with Crippen LogP contribution in [0, 0.1) is 6.92 Å². The molecule has 0 aromatic heterocycles. The highest BCUT2D eigenvalue weighted by atomic mass is 32.2. The molecule has 3 nitrogen and oxygen atoms in total. The van der Waals surface area contributed by atoms with Crippen molar-refractivity contribution in [2.24, 2.45) is 0 Å². The highest BCUT2D eigenvalue weighted by molar-refractivity contribution is 8.01.